The second-order valence-corrected chi connectivity index (χ2v) is 7.22. The number of nitrogens with zero attached hydrogens (tertiary/aromatic N) is 2. The molecule has 0 aliphatic rings. The highest BCUT2D eigenvalue weighted by Gasteiger charge is 2.06. The summed E-state index contributed by atoms with van der Waals surface area (Å²) < 4.78 is 18.5. The maximum Gasteiger partial charge on any atom is 0.258 e. The summed E-state index contributed by atoms with van der Waals surface area (Å²) >= 11 is 0. The van der Waals surface area contributed by atoms with Gasteiger partial charge in [-0.15, -0.1) is 0 Å². The van der Waals surface area contributed by atoms with Crippen molar-refractivity contribution in [3.05, 3.63) is 94.4 Å². The van der Waals surface area contributed by atoms with Crippen molar-refractivity contribution in [3.8, 4) is 11.6 Å². The Morgan fingerprint density at radius 2 is 1.88 bits per heavy atom. The van der Waals surface area contributed by atoms with Crippen LogP contribution >= 0.6 is 0 Å². The standard InChI is InChI=1S/C24H21FN4O3/c25-17-9-11-18(12-10-17)32-23-13-8-16(15-27-23)14-26-22(30)7-3-6-21-28-20-5-2-1-4-19(20)24(31)29-21/h1-2,4-5,8-13,15H,3,6-7,14H2,(H,26,30)(H,28,29,31). The van der Waals surface area contributed by atoms with Crippen molar-refractivity contribution in [2.75, 3.05) is 0 Å². The van der Waals surface area contributed by atoms with Gasteiger partial charge in [-0.3, -0.25) is 9.59 Å². The zero-order valence-corrected chi connectivity index (χ0v) is 17.2. The van der Waals surface area contributed by atoms with E-state index in [0.717, 1.165) is 5.56 Å². The number of nitrogens with one attached hydrogen (secondary N) is 2. The normalized spacial score (nSPS) is 10.8. The Hall–Kier alpha value is -4.07. The van der Waals surface area contributed by atoms with Crippen LogP contribution < -0.4 is 15.6 Å². The molecule has 1 amide bonds. The number of carbonyl (C=O) groups is 1. The van der Waals surface area contributed by atoms with Gasteiger partial charge in [0.05, 0.1) is 10.9 Å². The molecule has 2 N–H and O–H groups in total. The molecule has 0 saturated heterocycles. The fourth-order valence-electron chi connectivity index (χ4n) is 3.16. The van der Waals surface area contributed by atoms with Gasteiger partial charge in [-0.1, -0.05) is 18.2 Å². The highest BCUT2D eigenvalue weighted by molar-refractivity contribution is 5.77. The number of H-pyrrole nitrogens is 1. The van der Waals surface area contributed by atoms with Crippen LogP contribution in [0.5, 0.6) is 11.6 Å². The molecule has 2 aromatic carbocycles. The quantitative estimate of drug-likeness (QED) is 0.440. The van der Waals surface area contributed by atoms with Crippen molar-refractivity contribution in [2.45, 2.75) is 25.8 Å². The summed E-state index contributed by atoms with van der Waals surface area (Å²) in [6.07, 6.45) is 3.00. The molecule has 0 unspecified atom stereocenters. The Balaban J connectivity index is 1.22. The van der Waals surface area contributed by atoms with Crippen molar-refractivity contribution in [1.82, 2.24) is 20.3 Å². The third-order valence-electron chi connectivity index (χ3n) is 4.80. The van der Waals surface area contributed by atoms with E-state index in [1.165, 1.54) is 24.3 Å². The molecule has 2 heterocycles. The molecular weight excluding hydrogens is 411 g/mol. The zero-order chi connectivity index (χ0) is 22.3. The molecule has 4 rings (SSSR count). The van der Waals surface area contributed by atoms with Gasteiger partial charge in [-0.05, 0) is 48.4 Å². The molecule has 0 aliphatic carbocycles. The average Bonchev–Trinajstić information content (AvgIpc) is 2.80. The fraction of sp³-hybridized carbons (Fsp3) is 0.167. The Labute approximate surface area is 183 Å². The van der Waals surface area contributed by atoms with Gasteiger partial charge in [0.2, 0.25) is 11.8 Å². The van der Waals surface area contributed by atoms with E-state index in [1.54, 1.807) is 36.5 Å². The summed E-state index contributed by atoms with van der Waals surface area (Å²) in [4.78, 5) is 35.6. The highest BCUT2D eigenvalue weighted by Crippen LogP contribution is 2.19. The minimum Gasteiger partial charge on any atom is -0.439 e. The van der Waals surface area contributed by atoms with Crippen LogP contribution in [0.4, 0.5) is 4.39 Å². The van der Waals surface area contributed by atoms with E-state index in [9.17, 15) is 14.0 Å². The van der Waals surface area contributed by atoms with Gasteiger partial charge in [-0.25, -0.2) is 14.4 Å². The summed E-state index contributed by atoms with van der Waals surface area (Å²) in [6, 6.07) is 16.3. The molecule has 0 atom stereocenters. The third-order valence-corrected chi connectivity index (χ3v) is 4.80. The summed E-state index contributed by atoms with van der Waals surface area (Å²) in [5, 5.41) is 3.40. The van der Waals surface area contributed by atoms with Crippen molar-refractivity contribution in [2.24, 2.45) is 0 Å². The van der Waals surface area contributed by atoms with Gasteiger partial charge in [0.25, 0.3) is 5.56 Å². The molecule has 0 spiro atoms. The fourth-order valence-corrected chi connectivity index (χ4v) is 3.16. The zero-order valence-electron chi connectivity index (χ0n) is 17.2. The van der Waals surface area contributed by atoms with Crippen molar-refractivity contribution in [1.29, 1.82) is 0 Å². The lowest BCUT2D eigenvalue weighted by Gasteiger charge is -2.07. The van der Waals surface area contributed by atoms with Crippen molar-refractivity contribution >= 4 is 16.8 Å². The van der Waals surface area contributed by atoms with E-state index < -0.39 is 0 Å². The van der Waals surface area contributed by atoms with Crippen LogP contribution in [0.3, 0.4) is 0 Å². The molecule has 8 heteroatoms. The van der Waals surface area contributed by atoms with Crippen LogP contribution in [0.1, 0.15) is 24.2 Å². The Morgan fingerprint density at radius 1 is 1.06 bits per heavy atom. The van der Waals surface area contributed by atoms with Crippen LogP contribution in [0.25, 0.3) is 10.9 Å². The van der Waals surface area contributed by atoms with Crippen molar-refractivity contribution < 1.29 is 13.9 Å². The number of amides is 1. The molecule has 2 aromatic heterocycles. The SMILES string of the molecule is O=C(CCCc1nc2ccccc2c(=O)[nH]1)NCc1ccc(Oc2ccc(F)cc2)nc1. The Bertz CT molecular complexity index is 1270. The predicted molar refractivity (Wildman–Crippen MR) is 118 cm³/mol. The van der Waals surface area contributed by atoms with Gasteiger partial charge < -0.3 is 15.0 Å². The number of hydrogen-bond donors (Lipinski definition) is 2. The van der Waals surface area contributed by atoms with Crippen LogP contribution in [0, 0.1) is 5.82 Å². The molecule has 0 aliphatic heterocycles. The molecule has 0 radical (unpaired) electrons. The molecule has 32 heavy (non-hydrogen) atoms. The van der Waals surface area contributed by atoms with E-state index >= 15 is 0 Å². The van der Waals surface area contributed by atoms with Crippen LogP contribution in [0.15, 0.2) is 71.7 Å². The third kappa shape index (κ3) is 5.54. The number of halogens is 1. The molecule has 7 nitrogen and oxygen atoms in total. The van der Waals surface area contributed by atoms with Gasteiger partial charge in [0.15, 0.2) is 0 Å². The number of fused-ring (bicyclic) bond motifs is 1. The number of carbonyl (C=O) groups excluding carboxylic acids is 1. The summed E-state index contributed by atoms with van der Waals surface area (Å²) in [5.41, 5.74) is 1.30. The van der Waals surface area contributed by atoms with E-state index in [2.05, 4.69) is 20.3 Å². The molecule has 162 valence electrons. The molecular formula is C24H21FN4O3. The Kier molecular flexibility index (Phi) is 6.50. The van der Waals surface area contributed by atoms with Crippen LogP contribution in [-0.4, -0.2) is 20.9 Å². The Morgan fingerprint density at radius 3 is 2.66 bits per heavy atom. The number of aromatic amines is 1. The predicted octanol–water partition coefficient (Wildman–Crippen LogP) is 3.89. The second-order valence-electron chi connectivity index (χ2n) is 7.22. The highest BCUT2D eigenvalue weighted by atomic mass is 19.1. The molecule has 0 saturated carbocycles. The first-order valence-electron chi connectivity index (χ1n) is 10.2. The minimum atomic E-state index is -0.335. The monoisotopic (exact) mass is 432 g/mol. The molecule has 0 bridgehead atoms. The van der Waals surface area contributed by atoms with Gasteiger partial charge >= 0.3 is 0 Å². The lowest BCUT2D eigenvalue weighted by atomic mass is 10.2. The minimum absolute atomic E-state index is 0.0974. The maximum absolute atomic E-state index is 12.9. The second kappa shape index (κ2) is 9.82. The van der Waals surface area contributed by atoms with E-state index in [1.807, 2.05) is 6.07 Å². The average molecular weight is 432 g/mol. The van der Waals surface area contributed by atoms with E-state index in [0.29, 0.717) is 54.2 Å². The summed E-state index contributed by atoms with van der Waals surface area (Å²) in [5.74, 6) is 1.01. The first-order valence-corrected chi connectivity index (χ1v) is 10.2. The first-order chi connectivity index (χ1) is 15.6. The van der Waals surface area contributed by atoms with Gasteiger partial charge in [0, 0.05) is 31.6 Å². The maximum atomic E-state index is 12.9. The number of para-hydroxylation sites is 1. The molecule has 4 aromatic rings. The number of aryl methyl sites for hydroxylation is 1. The smallest absolute Gasteiger partial charge is 0.258 e. The largest absolute Gasteiger partial charge is 0.439 e. The number of ether oxygens (including phenoxy) is 1. The lowest BCUT2D eigenvalue weighted by molar-refractivity contribution is -0.121. The van der Waals surface area contributed by atoms with Crippen LogP contribution in [0.2, 0.25) is 0 Å². The van der Waals surface area contributed by atoms with Crippen LogP contribution in [-0.2, 0) is 17.8 Å². The van der Waals surface area contributed by atoms with Gasteiger partial charge in [-0.2, -0.15) is 0 Å². The van der Waals surface area contributed by atoms with E-state index in [4.69, 9.17) is 4.74 Å². The van der Waals surface area contributed by atoms with Gasteiger partial charge in [0.1, 0.15) is 17.4 Å². The number of rotatable bonds is 8. The number of benzene rings is 2. The first kappa shape index (κ1) is 21.2. The topological polar surface area (TPSA) is 97.0 Å². The lowest BCUT2D eigenvalue weighted by Crippen LogP contribution is -2.22. The number of aromatic nitrogens is 3. The van der Waals surface area contributed by atoms with E-state index in [-0.39, 0.29) is 17.3 Å². The number of hydrogen-bond acceptors (Lipinski definition) is 5. The summed E-state index contributed by atoms with van der Waals surface area (Å²) in [7, 11) is 0. The van der Waals surface area contributed by atoms with Crippen molar-refractivity contribution in [3.63, 3.8) is 0 Å². The molecule has 0 fully saturated rings. The summed E-state index contributed by atoms with van der Waals surface area (Å²) in [6.45, 7) is 0.341. The number of pyridine rings is 1.